The minimum atomic E-state index is -0.406. The monoisotopic (exact) mass is 684 g/mol. The summed E-state index contributed by atoms with van der Waals surface area (Å²) in [5.74, 6) is 0.945. The van der Waals surface area contributed by atoms with Gasteiger partial charge in [-0.05, 0) is 91.6 Å². The molecule has 0 spiro atoms. The molecule has 2 heterocycles. The molecule has 3 amide bonds. The van der Waals surface area contributed by atoms with E-state index in [1.165, 1.54) is 0 Å². The van der Waals surface area contributed by atoms with E-state index >= 15 is 0 Å². The Balaban J connectivity index is 1.21. The normalized spacial score (nSPS) is 18.6. The Hall–Kier alpha value is -4.34. The van der Waals surface area contributed by atoms with Gasteiger partial charge in [0.15, 0.2) is 0 Å². The molecule has 2 aliphatic heterocycles. The quantitative estimate of drug-likeness (QED) is 0.214. The maximum Gasteiger partial charge on any atom is 0.252 e. The Morgan fingerprint density at radius 3 is 2.37 bits per heavy atom. The van der Waals surface area contributed by atoms with Crippen LogP contribution in [0.5, 0.6) is 11.5 Å². The third-order valence-electron chi connectivity index (χ3n) is 9.61. The van der Waals surface area contributed by atoms with Crippen LogP contribution in [0, 0.1) is 13.8 Å². The van der Waals surface area contributed by atoms with Gasteiger partial charge < -0.3 is 30.3 Å². The molecule has 2 fully saturated rings. The second kappa shape index (κ2) is 15.5. The molecule has 0 unspecified atom stereocenters. The standard InChI is InChI=1S/C39H45ClN4O5/c1-25-19-33(40)35(20-26(25)2)49-18-17-48-31-15-11-28(12-16-31)32-21-29-23-43(37(46)10-6-9-36(41)45)24-34(42-29)38(32)39(47)44(30-13-14-30)22-27-7-4-3-5-8-27/h3-5,7-8,11-12,15-16,19-20,29-30,34,42H,6,9-10,13-14,17-18,21-24H2,1-2H3,(H2,41,45)/t29-,34-/m1/s1. The molecule has 258 valence electrons. The van der Waals surface area contributed by atoms with E-state index in [9.17, 15) is 14.4 Å². The van der Waals surface area contributed by atoms with Crippen LogP contribution < -0.4 is 20.5 Å². The van der Waals surface area contributed by atoms with Gasteiger partial charge in [0.2, 0.25) is 11.8 Å². The van der Waals surface area contributed by atoms with Crippen LogP contribution in [-0.4, -0.2) is 72.0 Å². The van der Waals surface area contributed by atoms with Crippen LogP contribution in [0.1, 0.15) is 60.8 Å². The molecule has 6 rings (SSSR count). The number of aryl methyl sites for hydroxylation is 2. The molecule has 2 atom stereocenters. The van der Waals surface area contributed by atoms with Crippen LogP contribution in [-0.2, 0) is 20.9 Å². The van der Waals surface area contributed by atoms with Gasteiger partial charge in [0.1, 0.15) is 24.7 Å². The van der Waals surface area contributed by atoms with Crippen LogP contribution >= 0.6 is 11.6 Å². The molecule has 9 nitrogen and oxygen atoms in total. The number of hydrogen-bond acceptors (Lipinski definition) is 6. The predicted molar refractivity (Wildman–Crippen MR) is 190 cm³/mol. The second-order valence-corrected chi connectivity index (χ2v) is 13.8. The molecule has 3 aliphatic rings. The summed E-state index contributed by atoms with van der Waals surface area (Å²) in [6, 6.07) is 21.7. The molecule has 1 saturated carbocycles. The first kappa shape index (κ1) is 34.5. The summed E-state index contributed by atoms with van der Waals surface area (Å²) in [7, 11) is 0. The number of benzene rings is 3. The van der Waals surface area contributed by atoms with Crippen LogP contribution in [0.15, 0.2) is 72.3 Å². The fourth-order valence-corrected chi connectivity index (χ4v) is 7.03. The maximum atomic E-state index is 14.6. The van der Waals surface area contributed by atoms with Crippen molar-refractivity contribution in [1.82, 2.24) is 15.1 Å². The topological polar surface area (TPSA) is 114 Å². The van der Waals surface area contributed by atoms with Crippen molar-refractivity contribution >= 4 is 34.9 Å². The van der Waals surface area contributed by atoms with Crippen molar-refractivity contribution in [3.05, 3.63) is 99.6 Å². The van der Waals surface area contributed by atoms with E-state index in [-0.39, 0.29) is 42.8 Å². The smallest absolute Gasteiger partial charge is 0.252 e. The Bertz CT molecular complexity index is 1710. The first-order valence-electron chi connectivity index (χ1n) is 17.2. The number of nitrogens with zero attached hydrogens (tertiary/aromatic N) is 2. The number of carbonyl (C=O) groups excluding carboxylic acids is 3. The number of amides is 3. The average molecular weight is 685 g/mol. The molecule has 0 aromatic heterocycles. The summed E-state index contributed by atoms with van der Waals surface area (Å²) >= 11 is 6.36. The van der Waals surface area contributed by atoms with E-state index in [0.717, 1.165) is 46.2 Å². The molecule has 49 heavy (non-hydrogen) atoms. The van der Waals surface area contributed by atoms with Gasteiger partial charge in [-0.25, -0.2) is 0 Å². The molecule has 2 bridgehead atoms. The number of nitrogens with one attached hydrogen (secondary N) is 1. The average Bonchev–Trinajstić information content (AvgIpc) is 3.93. The minimum Gasteiger partial charge on any atom is -0.490 e. The van der Waals surface area contributed by atoms with E-state index in [1.54, 1.807) is 0 Å². The summed E-state index contributed by atoms with van der Waals surface area (Å²) < 4.78 is 11.9. The first-order chi connectivity index (χ1) is 23.7. The molecule has 1 saturated heterocycles. The van der Waals surface area contributed by atoms with Gasteiger partial charge in [0.05, 0.1) is 11.1 Å². The Morgan fingerprint density at radius 1 is 0.939 bits per heavy atom. The van der Waals surface area contributed by atoms with E-state index in [1.807, 2.05) is 78.2 Å². The van der Waals surface area contributed by atoms with Crippen molar-refractivity contribution < 1.29 is 23.9 Å². The largest absolute Gasteiger partial charge is 0.490 e. The number of nitrogens with two attached hydrogens (primary N) is 1. The highest BCUT2D eigenvalue weighted by atomic mass is 35.5. The van der Waals surface area contributed by atoms with Crippen molar-refractivity contribution in [2.24, 2.45) is 5.73 Å². The van der Waals surface area contributed by atoms with E-state index < -0.39 is 5.91 Å². The van der Waals surface area contributed by atoms with Crippen molar-refractivity contribution in [2.75, 3.05) is 26.3 Å². The highest BCUT2D eigenvalue weighted by molar-refractivity contribution is 6.32. The molecule has 0 radical (unpaired) electrons. The lowest BCUT2D eigenvalue weighted by Crippen LogP contribution is -2.62. The number of rotatable bonds is 14. The van der Waals surface area contributed by atoms with Crippen LogP contribution in [0.3, 0.4) is 0 Å². The van der Waals surface area contributed by atoms with Crippen molar-refractivity contribution in [2.45, 2.75) is 77.0 Å². The highest BCUT2D eigenvalue weighted by Crippen LogP contribution is 2.38. The number of primary amides is 1. The zero-order valence-electron chi connectivity index (χ0n) is 28.3. The van der Waals surface area contributed by atoms with Crippen molar-refractivity contribution in [3.8, 4) is 11.5 Å². The summed E-state index contributed by atoms with van der Waals surface area (Å²) in [5, 5.41) is 4.25. The fourth-order valence-electron chi connectivity index (χ4n) is 6.76. The van der Waals surface area contributed by atoms with Gasteiger partial charge >= 0.3 is 0 Å². The van der Waals surface area contributed by atoms with Gasteiger partial charge in [0.25, 0.3) is 5.91 Å². The number of ether oxygens (including phenoxy) is 2. The molecular formula is C39H45ClN4O5. The summed E-state index contributed by atoms with van der Waals surface area (Å²) in [6.07, 6.45) is 3.44. The molecular weight excluding hydrogens is 640 g/mol. The van der Waals surface area contributed by atoms with Gasteiger partial charge in [0, 0.05) is 50.1 Å². The zero-order chi connectivity index (χ0) is 34.5. The Morgan fingerprint density at radius 2 is 1.65 bits per heavy atom. The van der Waals surface area contributed by atoms with Crippen molar-refractivity contribution in [3.63, 3.8) is 0 Å². The fraction of sp³-hybridized carbons (Fsp3) is 0.410. The number of piperazine rings is 1. The van der Waals surface area contributed by atoms with Crippen LogP contribution in [0.25, 0.3) is 5.57 Å². The number of hydrogen-bond donors (Lipinski definition) is 2. The number of fused-ring (bicyclic) bond motifs is 2. The van der Waals surface area contributed by atoms with Gasteiger partial charge in [-0.2, -0.15) is 0 Å². The summed E-state index contributed by atoms with van der Waals surface area (Å²) in [6.45, 7) is 6.21. The zero-order valence-corrected chi connectivity index (χ0v) is 29.0. The first-order valence-corrected chi connectivity index (χ1v) is 17.6. The molecule has 3 aromatic rings. The Labute approximate surface area is 293 Å². The lowest BCUT2D eigenvalue weighted by atomic mass is 9.82. The highest BCUT2D eigenvalue weighted by Gasteiger charge is 2.43. The third-order valence-corrected chi connectivity index (χ3v) is 9.90. The van der Waals surface area contributed by atoms with Crippen molar-refractivity contribution in [1.29, 1.82) is 0 Å². The predicted octanol–water partition coefficient (Wildman–Crippen LogP) is 5.59. The van der Waals surface area contributed by atoms with E-state index in [4.69, 9.17) is 26.8 Å². The summed E-state index contributed by atoms with van der Waals surface area (Å²) in [5.41, 5.74) is 11.3. The number of halogens is 1. The maximum absolute atomic E-state index is 14.6. The van der Waals surface area contributed by atoms with Gasteiger partial charge in [-0.1, -0.05) is 54.1 Å². The molecule has 10 heteroatoms. The SMILES string of the molecule is Cc1cc(Cl)c(OCCOc2ccc(C3=C(C(=O)N(Cc4ccccc4)C4CC4)[C@H]4CN(C(=O)CCCC(N)=O)C[C@@H](C3)N4)cc2)cc1C. The third kappa shape index (κ3) is 8.64. The lowest BCUT2D eigenvalue weighted by Gasteiger charge is -2.45. The summed E-state index contributed by atoms with van der Waals surface area (Å²) in [4.78, 5) is 43.0. The van der Waals surface area contributed by atoms with E-state index in [0.29, 0.717) is 62.2 Å². The lowest BCUT2D eigenvalue weighted by molar-refractivity contribution is -0.134. The molecule has 3 aromatic carbocycles. The van der Waals surface area contributed by atoms with Gasteiger partial charge in [-0.15, -0.1) is 0 Å². The minimum absolute atomic E-state index is 0.000742. The van der Waals surface area contributed by atoms with Gasteiger partial charge in [-0.3, -0.25) is 14.4 Å². The van der Waals surface area contributed by atoms with Crippen LogP contribution in [0.4, 0.5) is 0 Å². The van der Waals surface area contributed by atoms with Crippen LogP contribution in [0.2, 0.25) is 5.02 Å². The van der Waals surface area contributed by atoms with E-state index in [2.05, 4.69) is 17.4 Å². The second-order valence-electron chi connectivity index (χ2n) is 13.4. The Kier molecular flexibility index (Phi) is 10.9. The number of carbonyl (C=O) groups is 3. The molecule has 3 N–H and O–H groups in total. The molecule has 1 aliphatic carbocycles.